The molecule has 3 nitrogen and oxygen atoms in total. The quantitative estimate of drug-likeness (QED) is 0.839. The number of nitrogens with two attached hydrogens (primary N) is 1. The first kappa shape index (κ1) is 16.8. The Morgan fingerprint density at radius 1 is 1.21 bits per heavy atom. The minimum Gasteiger partial charge on any atom is -0.353 e. The molecule has 1 unspecified atom stereocenters. The smallest absolute Gasteiger partial charge is 0.220 e. The zero-order valence-electron chi connectivity index (χ0n) is 12.3. The standard InChI is InChI=1S/C15H28N2O.ClH/c1-15(2)9-4-3-8-13(15)17-14(18)10-11-6-5-7-12(11)16;/h11-13H,3-10,16H2,1-2H3,(H,17,18);1H/t11-,12+,13?;/m0./s1. The molecule has 0 radical (unpaired) electrons. The van der Waals surface area contributed by atoms with Crippen LogP contribution < -0.4 is 11.1 Å². The summed E-state index contributed by atoms with van der Waals surface area (Å²) in [7, 11) is 0. The van der Waals surface area contributed by atoms with Crippen LogP contribution in [0.4, 0.5) is 0 Å². The van der Waals surface area contributed by atoms with Crippen LogP contribution in [-0.4, -0.2) is 18.0 Å². The summed E-state index contributed by atoms with van der Waals surface area (Å²) in [6.45, 7) is 4.55. The first-order valence-corrected chi connectivity index (χ1v) is 7.54. The third kappa shape index (κ3) is 4.35. The molecule has 1 amide bonds. The highest BCUT2D eigenvalue weighted by atomic mass is 35.5. The number of amides is 1. The van der Waals surface area contributed by atoms with E-state index in [0.717, 1.165) is 19.3 Å². The van der Waals surface area contributed by atoms with Crippen molar-refractivity contribution in [3.05, 3.63) is 0 Å². The number of carbonyl (C=O) groups excluding carboxylic acids is 1. The van der Waals surface area contributed by atoms with Crippen molar-refractivity contribution in [3.8, 4) is 0 Å². The average molecular weight is 289 g/mol. The monoisotopic (exact) mass is 288 g/mol. The van der Waals surface area contributed by atoms with E-state index in [0.29, 0.717) is 18.4 Å². The average Bonchev–Trinajstić information content (AvgIpc) is 2.67. The van der Waals surface area contributed by atoms with Crippen molar-refractivity contribution in [2.24, 2.45) is 17.1 Å². The van der Waals surface area contributed by atoms with Gasteiger partial charge in [0.15, 0.2) is 0 Å². The molecule has 2 saturated carbocycles. The predicted molar refractivity (Wildman–Crippen MR) is 81.4 cm³/mol. The molecule has 0 aromatic rings. The van der Waals surface area contributed by atoms with Gasteiger partial charge in [0.1, 0.15) is 0 Å². The van der Waals surface area contributed by atoms with Gasteiger partial charge in [0.25, 0.3) is 0 Å². The van der Waals surface area contributed by atoms with E-state index < -0.39 is 0 Å². The van der Waals surface area contributed by atoms with Crippen molar-refractivity contribution >= 4 is 18.3 Å². The van der Waals surface area contributed by atoms with Gasteiger partial charge < -0.3 is 11.1 Å². The summed E-state index contributed by atoms with van der Waals surface area (Å²) < 4.78 is 0. The Kier molecular flexibility index (Phi) is 6.13. The summed E-state index contributed by atoms with van der Waals surface area (Å²) in [6.07, 6.45) is 8.94. The van der Waals surface area contributed by atoms with Crippen molar-refractivity contribution in [1.29, 1.82) is 0 Å². The SMILES string of the molecule is CC1(C)CCCCC1NC(=O)C[C@@H]1CCC[C@H]1N.Cl. The molecular formula is C15H29ClN2O. The molecule has 0 spiro atoms. The summed E-state index contributed by atoms with van der Waals surface area (Å²) >= 11 is 0. The first-order chi connectivity index (χ1) is 8.49. The molecular weight excluding hydrogens is 260 g/mol. The van der Waals surface area contributed by atoms with E-state index in [1.165, 1.54) is 25.7 Å². The van der Waals surface area contributed by atoms with Crippen molar-refractivity contribution in [1.82, 2.24) is 5.32 Å². The highest BCUT2D eigenvalue weighted by Gasteiger charge is 2.34. The van der Waals surface area contributed by atoms with Crippen LogP contribution in [0.25, 0.3) is 0 Å². The van der Waals surface area contributed by atoms with Crippen LogP contribution >= 0.6 is 12.4 Å². The maximum Gasteiger partial charge on any atom is 0.220 e. The predicted octanol–water partition coefficient (Wildman–Crippen LogP) is 3.01. The summed E-state index contributed by atoms with van der Waals surface area (Å²) in [4.78, 5) is 12.1. The normalized spacial score (nSPS) is 33.5. The molecule has 3 N–H and O–H groups in total. The summed E-state index contributed by atoms with van der Waals surface area (Å²) in [5, 5.41) is 3.26. The van der Waals surface area contributed by atoms with Gasteiger partial charge in [-0.15, -0.1) is 12.4 Å². The van der Waals surface area contributed by atoms with Gasteiger partial charge in [0.2, 0.25) is 5.91 Å². The van der Waals surface area contributed by atoms with E-state index in [1.54, 1.807) is 0 Å². The Labute approximate surface area is 123 Å². The van der Waals surface area contributed by atoms with E-state index in [4.69, 9.17) is 5.73 Å². The van der Waals surface area contributed by atoms with Gasteiger partial charge in [0, 0.05) is 18.5 Å². The number of rotatable bonds is 3. The van der Waals surface area contributed by atoms with Gasteiger partial charge in [-0.05, 0) is 37.0 Å². The lowest BCUT2D eigenvalue weighted by Gasteiger charge is -2.39. The molecule has 4 heteroatoms. The molecule has 112 valence electrons. The fourth-order valence-corrected chi connectivity index (χ4v) is 3.57. The zero-order valence-corrected chi connectivity index (χ0v) is 13.1. The lowest BCUT2D eigenvalue weighted by molar-refractivity contribution is -0.124. The van der Waals surface area contributed by atoms with E-state index in [2.05, 4.69) is 19.2 Å². The molecule has 0 aromatic carbocycles. The second-order valence-electron chi connectivity index (χ2n) is 6.91. The second kappa shape index (κ2) is 6.94. The molecule has 2 rings (SSSR count). The number of nitrogens with one attached hydrogen (secondary N) is 1. The van der Waals surface area contributed by atoms with Crippen molar-refractivity contribution in [2.45, 2.75) is 77.3 Å². The van der Waals surface area contributed by atoms with E-state index in [9.17, 15) is 4.79 Å². The van der Waals surface area contributed by atoms with Crippen LogP contribution in [0.5, 0.6) is 0 Å². The minimum atomic E-state index is 0. The molecule has 0 saturated heterocycles. The number of halogens is 1. The lowest BCUT2D eigenvalue weighted by atomic mass is 9.73. The number of hydrogen-bond acceptors (Lipinski definition) is 2. The molecule has 2 fully saturated rings. The van der Waals surface area contributed by atoms with Gasteiger partial charge in [-0.1, -0.05) is 33.1 Å². The van der Waals surface area contributed by atoms with Crippen LogP contribution in [-0.2, 0) is 4.79 Å². The van der Waals surface area contributed by atoms with E-state index in [-0.39, 0.29) is 29.8 Å². The fraction of sp³-hybridized carbons (Fsp3) is 0.933. The molecule has 19 heavy (non-hydrogen) atoms. The summed E-state index contributed by atoms with van der Waals surface area (Å²) in [5.41, 5.74) is 6.29. The van der Waals surface area contributed by atoms with Crippen LogP contribution in [0, 0.1) is 11.3 Å². The lowest BCUT2D eigenvalue weighted by Crippen LogP contribution is -2.47. The van der Waals surface area contributed by atoms with Gasteiger partial charge >= 0.3 is 0 Å². The Bertz CT molecular complexity index is 307. The van der Waals surface area contributed by atoms with Gasteiger partial charge in [0.05, 0.1) is 0 Å². The molecule has 2 aliphatic rings. The first-order valence-electron chi connectivity index (χ1n) is 7.54. The highest BCUT2D eigenvalue weighted by molar-refractivity contribution is 5.85. The molecule has 0 bridgehead atoms. The van der Waals surface area contributed by atoms with Crippen molar-refractivity contribution in [2.75, 3.05) is 0 Å². The third-order valence-corrected chi connectivity index (χ3v) is 5.01. The summed E-state index contributed by atoms with van der Waals surface area (Å²) in [6, 6.07) is 0.603. The topological polar surface area (TPSA) is 55.1 Å². The van der Waals surface area contributed by atoms with Gasteiger partial charge in [-0.3, -0.25) is 4.79 Å². The second-order valence-corrected chi connectivity index (χ2v) is 6.91. The maximum absolute atomic E-state index is 12.1. The van der Waals surface area contributed by atoms with Crippen molar-refractivity contribution < 1.29 is 4.79 Å². The van der Waals surface area contributed by atoms with Crippen molar-refractivity contribution in [3.63, 3.8) is 0 Å². The van der Waals surface area contributed by atoms with Gasteiger partial charge in [-0.2, -0.15) is 0 Å². The highest BCUT2D eigenvalue weighted by Crippen LogP contribution is 2.35. The molecule has 0 aliphatic heterocycles. The summed E-state index contributed by atoms with van der Waals surface area (Å²) in [5.74, 6) is 0.633. The van der Waals surface area contributed by atoms with Gasteiger partial charge in [-0.25, -0.2) is 0 Å². The molecule has 3 atom stereocenters. The van der Waals surface area contributed by atoms with Crippen LogP contribution in [0.2, 0.25) is 0 Å². The Balaban J connectivity index is 0.00000180. The van der Waals surface area contributed by atoms with E-state index in [1.807, 2.05) is 0 Å². The van der Waals surface area contributed by atoms with Crippen LogP contribution in [0.3, 0.4) is 0 Å². The minimum absolute atomic E-state index is 0. The Morgan fingerprint density at radius 3 is 2.53 bits per heavy atom. The molecule has 2 aliphatic carbocycles. The largest absolute Gasteiger partial charge is 0.353 e. The molecule has 0 aromatic heterocycles. The van der Waals surface area contributed by atoms with Crippen LogP contribution in [0.15, 0.2) is 0 Å². The van der Waals surface area contributed by atoms with Crippen LogP contribution in [0.1, 0.15) is 65.2 Å². The Hall–Kier alpha value is -0.280. The van der Waals surface area contributed by atoms with E-state index >= 15 is 0 Å². The third-order valence-electron chi connectivity index (χ3n) is 5.01. The number of carbonyl (C=O) groups is 1. The fourth-order valence-electron chi connectivity index (χ4n) is 3.57. The Morgan fingerprint density at radius 2 is 1.95 bits per heavy atom. The number of hydrogen-bond donors (Lipinski definition) is 2. The molecule has 0 heterocycles. The zero-order chi connectivity index (χ0) is 13.2. The maximum atomic E-state index is 12.1.